The average molecular weight is 492 g/mol. The third-order valence-electron chi connectivity index (χ3n) is 5.34. The molecule has 182 valence electrons. The maximum atomic E-state index is 13.0. The van der Waals surface area contributed by atoms with E-state index in [1.165, 1.54) is 31.3 Å². The summed E-state index contributed by atoms with van der Waals surface area (Å²) in [6, 6.07) is 23.0. The van der Waals surface area contributed by atoms with Gasteiger partial charge < -0.3 is 15.2 Å². The number of phenolic OH excluding ortho intramolecular Hbond substituents is 1. The SMILES string of the molecule is CC(=O)Oc1ccccc1C(=O)Nc1ccc(/C=N/NC(=O)c2ccc(O)c(C#N)c2)c2ccccc12. The van der Waals surface area contributed by atoms with Crippen LogP contribution < -0.4 is 15.5 Å². The Bertz CT molecular complexity index is 1600. The molecule has 0 aliphatic rings. The minimum absolute atomic E-state index is 0.0178. The maximum Gasteiger partial charge on any atom is 0.308 e. The fraction of sp³-hybridized carbons (Fsp3) is 0.0357. The first kappa shape index (κ1) is 24.6. The molecule has 0 saturated heterocycles. The van der Waals surface area contributed by atoms with Crippen LogP contribution in [0.1, 0.15) is 38.8 Å². The molecule has 9 nitrogen and oxygen atoms in total. The van der Waals surface area contributed by atoms with E-state index >= 15 is 0 Å². The Labute approximate surface area is 211 Å². The number of nitriles is 1. The lowest BCUT2D eigenvalue weighted by molar-refractivity contribution is -0.131. The first-order valence-electron chi connectivity index (χ1n) is 11.0. The minimum atomic E-state index is -0.549. The molecule has 0 atom stereocenters. The van der Waals surface area contributed by atoms with E-state index in [1.54, 1.807) is 36.4 Å². The highest BCUT2D eigenvalue weighted by Gasteiger charge is 2.15. The number of amides is 2. The van der Waals surface area contributed by atoms with Crippen molar-refractivity contribution in [3.8, 4) is 17.6 Å². The van der Waals surface area contributed by atoms with Crippen molar-refractivity contribution in [1.29, 1.82) is 5.26 Å². The topological polar surface area (TPSA) is 141 Å². The molecule has 0 heterocycles. The number of hydrazone groups is 1. The first-order valence-corrected chi connectivity index (χ1v) is 11.0. The van der Waals surface area contributed by atoms with Crippen LogP contribution in [-0.2, 0) is 4.79 Å². The third-order valence-corrected chi connectivity index (χ3v) is 5.34. The summed E-state index contributed by atoms with van der Waals surface area (Å²) in [5.41, 5.74) is 3.98. The number of esters is 1. The smallest absolute Gasteiger partial charge is 0.308 e. The molecule has 0 radical (unpaired) electrons. The molecule has 0 aromatic heterocycles. The average Bonchev–Trinajstić information content (AvgIpc) is 2.90. The van der Waals surface area contributed by atoms with E-state index in [2.05, 4.69) is 15.8 Å². The lowest BCUT2D eigenvalue weighted by Crippen LogP contribution is -2.17. The molecule has 0 aliphatic carbocycles. The van der Waals surface area contributed by atoms with Gasteiger partial charge in [0.1, 0.15) is 17.6 Å². The van der Waals surface area contributed by atoms with Crippen LogP contribution in [0.4, 0.5) is 5.69 Å². The van der Waals surface area contributed by atoms with Crippen molar-refractivity contribution in [2.24, 2.45) is 5.10 Å². The van der Waals surface area contributed by atoms with Gasteiger partial charge >= 0.3 is 5.97 Å². The number of anilines is 1. The molecule has 3 N–H and O–H groups in total. The monoisotopic (exact) mass is 492 g/mol. The number of benzene rings is 4. The largest absolute Gasteiger partial charge is 0.507 e. The van der Waals surface area contributed by atoms with Crippen molar-refractivity contribution in [2.45, 2.75) is 6.92 Å². The van der Waals surface area contributed by atoms with E-state index < -0.39 is 17.8 Å². The molecule has 0 spiro atoms. The van der Waals surface area contributed by atoms with E-state index in [0.29, 0.717) is 11.3 Å². The van der Waals surface area contributed by atoms with Gasteiger partial charge in [-0.1, -0.05) is 42.5 Å². The maximum absolute atomic E-state index is 13.0. The van der Waals surface area contributed by atoms with Crippen molar-refractivity contribution in [1.82, 2.24) is 5.43 Å². The number of nitrogens with one attached hydrogen (secondary N) is 2. The van der Waals surface area contributed by atoms with Gasteiger partial charge in [-0.3, -0.25) is 14.4 Å². The molecule has 0 bridgehead atoms. The second-order valence-electron chi connectivity index (χ2n) is 7.83. The number of fused-ring (bicyclic) bond motifs is 1. The second-order valence-corrected chi connectivity index (χ2v) is 7.83. The molecule has 2 amide bonds. The van der Waals surface area contributed by atoms with Crippen LogP contribution in [0.2, 0.25) is 0 Å². The summed E-state index contributed by atoms with van der Waals surface area (Å²) in [5, 5.41) is 27.0. The molecule has 4 rings (SSSR count). The van der Waals surface area contributed by atoms with E-state index in [-0.39, 0.29) is 28.2 Å². The first-order chi connectivity index (χ1) is 17.9. The molecule has 9 heteroatoms. The van der Waals surface area contributed by atoms with Crippen LogP contribution in [0.15, 0.2) is 84.0 Å². The lowest BCUT2D eigenvalue weighted by Gasteiger charge is -2.12. The minimum Gasteiger partial charge on any atom is -0.507 e. The van der Waals surface area contributed by atoms with Gasteiger partial charge in [0.15, 0.2) is 0 Å². The van der Waals surface area contributed by atoms with E-state index in [4.69, 9.17) is 10.00 Å². The molecule has 37 heavy (non-hydrogen) atoms. The Morgan fingerprint density at radius 2 is 1.68 bits per heavy atom. The number of para-hydroxylation sites is 1. The molecule has 0 fully saturated rings. The van der Waals surface area contributed by atoms with Gasteiger partial charge in [0.25, 0.3) is 11.8 Å². The Hall–Kier alpha value is -5.49. The standard InChI is InChI=1S/C28H20N4O5/c1-17(33)37-26-9-5-4-8-23(26)28(36)31-24-12-10-19(21-6-2-3-7-22(21)24)16-30-32-27(35)18-11-13-25(34)20(14-18)15-29/h2-14,16,34H,1H3,(H,31,36)(H,32,35)/b30-16+. The zero-order valence-electron chi connectivity index (χ0n) is 19.6. The van der Waals surface area contributed by atoms with Gasteiger partial charge in [-0.15, -0.1) is 0 Å². The van der Waals surface area contributed by atoms with E-state index in [1.807, 2.05) is 30.3 Å². The third kappa shape index (κ3) is 5.61. The molecule has 0 aliphatic heterocycles. The second kappa shape index (κ2) is 10.8. The Balaban J connectivity index is 1.56. The summed E-state index contributed by atoms with van der Waals surface area (Å²) in [5.74, 6) is -1.58. The number of carbonyl (C=O) groups excluding carboxylic acids is 3. The Morgan fingerprint density at radius 3 is 2.43 bits per heavy atom. The van der Waals surface area contributed by atoms with Gasteiger partial charge in [-0.05, 0) is 41.8 Å². The molecule has 0 unspecified atom stereocenters. The van der Waals surface area contributed by atoms with Crippen LogP contribution in [0.5, 0.6) is 11.5 Å². The van der Waals surface area contributed by atoms with Crippen LogP contribution in [0, 0.1) is 11.3 Å². The molecular formula is C28H20N4O5. The summed E-state index contributed by atoms with van der Waals surface area (Å²) in [7, 11) is 0. The molecule has 0 saturated carbocycles. The summed E-state index contributed by atoms with van der Waals surface area (Å²) in [4.78, 5) is 36.8. The number of carbonyl (C=O) groups is 3. The van der Waals surface area contributed by atoms with Crippen LogP contribution >= 0.6 is 0 Å². The summed E-state index contributed by atoms with van der Waals surface area (Å²) in [6.45, 7) is 1.26. The number of hydrogen-bond acceptors (Lipinski definition) is 7. The number of aromatic hydroxyl groups is 1. The van der Waals surface area contributed by atoms with Crippen molar-refractivity contribution in [3.05, 3.63) is 101 Å². The van der Waals surface area contributed by atoms with Crippen LogP contribution in [0.25, 0.3) is 10.8 Å². The fourth-order valence-corrected chi connectivity index (χ4v) is 3.62. The predicted octanol–water partition coefficient (Wildman–Crippen LogP) is 4.36. The summed E-state index contributed by atoms with van der Waals surface area (Å²) >= 11 is 0. The lowest BCUT2D eigenvalue weighted by atomic mass is 10.0. The van der Waals surface area contributed by atoms with Gasteiger partial charge in [0.05, 0.1) is 17.3 Å². The predicted molar refractivity (Wildman–Crippen MR) is 138 cm³/mol. The molecular weight excluding hydrogens is 472 g/mol. The number of rotatable bonds is 6. The molecule has 4 aromatic rings. The highest BCUT2D eigenvalue weighted by molar-refractivity contribution is 6.13. The number of ether oxygens (including phenoxy) is 1. The fourth-order valence-electron chi connectivity index (χ4n) is 3.62. The number of phenols is 1. The van der Waals surface area contributed by atoms with Crippen molar-refractivity contribution in [3.63, 3.8) is 0 Å². The Kier molecular flexibility index (Phi) is 7.21. The van der Waals surface area contributed by atoms with Crippen molar-refractivity contribution in [2.75, 3.05) is 5.32 Å². The van der Waals surface area contributed by atoms with Gasteiger partial charge in [0.2, 0.25) is 0 Å². The molecule has 4 aromatic carbocycles. The Morgan fingerprint density at radius 1 is 0.946 bits per heavy atom. The number of hydrogen-bond donors (Lipinski definition) is 3. The highest BCUT2D eigenvalue weighted by atomic mass is 16.5. The van der Waals surface area contributed by atoms with E-state index in [9.17, 15) is 19.5 Å². The zero-order valence-corrected chi connectivity index (χ0v) is 19.6. The van der Waals surface area contributed by atoms with Gasteiger partial charge in [-0.25, -0.2) is 5.43 Å². The van der Waals surface area contributed by atoms with Crippen LogP contribution in [-0.4, -0.2) is 29.1 Å². The normalized spacial score (nSPS) is 10.6. The van der Waals surface area contributed by atoms with Gasteiger partial charge in [-0.2, -0.15) is 10.4 Å². The van der Waals surface area contributed by atoms with Crippen molar-refractivity contribution >= 4 is 40.5 Å². The zero-order chi connectivity index (χ0) is 26.4. The van der Waals surface area contributed by atoms with Gasteiger partial charge in [0, 0.05) is 29.1 Å². The highest BCUT2D eigenvalue weighted by Crippen LogP contribution is 2.28. The van der Waals surface area contributed by atoms with E-state index in [0.717, 1.165) is 10.8 Å². The summed E-state index contributed by atoms with van der Waals surface area (Å²) in [6.07, 6.45) is 1.47. The van der Waals surface area contributed by atoms with Crippen LogP contribution in [0.3, 0.4) is 0 Å². The summed E-state index contributed by atoms with van der Waals surface area (Å²) < 4.78 is 5.15. The van der Waals surface area contributed by atoms with Crippen molar-refractivity contribution < 1.29 is 24.2 Å². The quantitative estimate of drug-likeness (QED) is 0.158. The number of nitrogens with zero attached hydrogens (tertiary/aromatic N) is 2.